The van der Waals surface area contributed by atoms with Crippen molar-refractivity contribution in [1.82, 2.24) is 14.5 Å². The third-order valence-corrected chi connectivity index (χ3v) is 8.07. The summed E-state index contributed by atoms with van der Waals surface area (Å²) in [6.07, 6.45) is 1.97. The molecular formula is C37H33N3O. The van der Waals surface area contributed by atoms with Crippen LogP contribution in [0, 0.1) is 6.92 Å². The molecule has 3 aromatic heterocycles. The van der Waals surface area contributed by atoms with Gasteiger partial charge in [0.25, 0.3) is 0 Å². The van der Waals surface area contributed by atoms with E-state index in [1.54, 1.807) is 0 Å². The predicted octanol–water partition coefficient (Wildman–Crippen LogP) is 10.2. The van der Waals surface area contributed by atoms with Gasteiger partial charge < -0.3 is 4.42 Å². The van der Waals surface area contributed by atoms with Gasteiger partial charge in [0.1, 0.15) is 17.0 Å². The van der Waals surface area contributed by atoms with Crippen LogP contribution in [0.4, 0.5) is 0 Å². The average Bonchev–Trinajstić information content (AvgIpc) is 3.55. The molecular weight excluding hydrogens is 502 g/mol. The molecule has 0 radical (unpaired) electrons. The van der Waals surface area contributed by atoms with Crippen LogP contribution in [0.1, 0.15) is 56.4 Å². The Morgan fingerprint density at radius 1 is 0.707 bits per heavy atom. The van der Waals surface area contributed by atoms with E-state index in [9.17, 15) is 0 Å². The number of fused-ring (bicyclic) bond motifs is 4. The summed E-state index contributed by atoms with van der Waals surface area (Å²) >= 11 is 0. The highest BCUT2D eigenvalue weighted by Gasteiger charge is 2.25. The standard InChI is InChI=1S/C37H33N3O/c1-22(2)30-19-26(25-12-7-6-8-13-25)20-31(23(3)4)35(30)40-33-21-38-24(5)18-32(33)39-37(40)29-16-11-15-28-27-14-9-10-17-34(27)41-36(28)29/h6-23H,1-5H3. The van der Waals surface area contributed by atoms with Gasteiger partial charge in [-0.1, -0.05) is 88.4 Å². The number of nitrogens with zero attached hydrogens (tertiary/aromatic N) is 3. The topological polar surface area (TPSA) is 43.9 Å². The molecule has 0 aliphatic rings. The van der Waals surface area contributed by atoms with Gasteiger partial charge in [-0.05, 0) is 71.3 Å². The Morgan fingerprint density at radius 2 is 1.39 bits per heavy atom. The van der Waals surface area contributed by atoms with E-state index in [1.807, 2.05) is 25.3 Å². The predicted molar refractivity (Wildman–Crippen MR) is 170 cm³/mol. The first-order valence-corrected chi connectivity index (χ1v) is 14.4. The van der Waals surface area contributed by atoms with E-state index in [1.165, 1.54) is 27.9 Å². The summed E-state index contributed by atoms with van der Waals surface area (Å²) in [5.41, 5.74) is 11.8. The lowest BCUT2D eigenvalue weighted by Gasteiger charge is -2.24. The monoisotopic (exact) mass is 535 g/mol. The maximum absolute atomic E-state index is 6.51. The van der Waals surface area contributed by atoms with Gasteiger partial charge in [0.15, 0.2) is 0 Å². The quantitative estimate of drug-likeness (QED) is 0.220. The van der Waals surface area contributed by atoms with Gasteiger partial charge in [-0.2, -0.15) is 0 Å². The first-order valence-electron chi connectivity index (χ1n) is 14.4. The SMILES string of the molecule is Cc1cc2nc(-c3cccc4c3oc3ccccc34)n(-c3c(C(C)C)cc(-c4ccccc4)cc3C(C)C)c2cn1. The second kappa shape index (κ2) is 9.74. The zero-order valence-corrected chi connectivity index (χ0v) is 24.1. The third kappa shape index (κ3) is 4.13. The number of hydrogen-bond donors (Lipinski definition) is 0. The molecule has 202 valence electrons. The zero-order chi connectivity index (χ0) is 28.2. The number of furan rings is 1. The van der Waals surface area contributed by atoms with Crippen LogP contribution in [0.2, 0.25) is 0 Å². The van der Waals surface area contributed by atoms with Crippen LogP contribution in [0.3, 0.4) is 0 Å². The maximum Gasteiger partial charge on any atom is 0.149 e. The second-order valence-corrected chi connectivity index (χ2v) is 11.5. The summed E-state index contributed by atoms with van der Waals surface area (Å²) in [6, 6.07) is 32.1. The Kier molecular flexibility index (Phi) is 6.01. The first-order chi connectivity index (χ1) is 19.9. The van der Waals surface area contributed by atoms with Gasteiger partial charge in [0.2, 0.25) is 0 Å². The van der Waals surface area contributed by atoms with Crippen molar-refractivity contribution < 1.29 is 4.42 Å². The van der Waals surface area contributed by atoms with Gasteiger partial charge in [-0.25, -0.2) is 4.98 Å². The lowest BCUT2D eigenvalue weighted by atomic mass is 9.88. The fourth-order valence-corrected chi connectivity index (χ4v) is 6.02. The van der Waals surface area contributed by atoms with E-state index in [4.69, 9.17) is 14.4 Å². The average molecular weight is 536 g/mol. The van der Waals surface area contributed by atoms with Crippen LogP contribution in [-0.4, -0.2) is 14.5 Å². The third-order valence-electron chi connectivity index (χ3n) is 8.07. The molecule has 0 atom stereocenters. The molecule has 0 N–H and O–H groups in total. The molecule has 0 bridgehead atoms. The van der Waals surface area contributed by atoms with Crippen LogP contribution < -0.4 is 0 Å². The number of rotatable bonds is 5. The minimum Gasteiger partial charge on any atom is -0.455 e. The van der Waals surface area contributed by atoms with Crippen molar-refractivity contribution in [3.63, 3.8) is 0 Å². The smallest absolute Gasteiger partial charge is 0.149 e. The van der Waals surface area contributed by atoms with Crippen LogP contribution in [0.25, 0.3) is 61.2 Å². The van der Waals surface area contributed by atoms with Crippen molar-refractivity contribution >= 4 is 33.0 Å². The largest absolute Gasteiger partial charge is 0.455 e. The molecule has 0 aliphatic heterocycles. The van der Waals surface area contributed by atoms with E-state index in [-0.39, 0.29) is 11.8 Å². The second-order valence-electron chi connectivity index (χ2n) is 11.5. The van der Waals surface area contributed by atoms with E-state index >= 15 is 0 Å². The lowest BCUT2D eigenvalue weighted by molar-refractivity contribution is 0.669. The first kappa shape index (κ1) is 25.3. The van der Waals surface area contributed by atoms with E-state index < -0.39 is 0 Å². The minimum absolute atomic E-state index is 0.289. The maximum atomic E-state index is 6.51. The van der Waals surface area contributed by atoms with Crippen LogP contribution in [-0.2, 0) is 0 Å². The summed E-state index contributed by atoms with van der Waals surface area (Å²) in [5.74, 6) is 1.45. The molecule has 4 aromatic carbocycles. The Labute approximate surface area is 240 Å². The van der Waals surface area contributed by atoms with E-state index in [0.29, 0.717) is 0 Å². The Morgan fingerprint density at radius 3 is 2.12 bits per heavy atom. The van der Waals surface area contributed by atoms with Crippen molar-refractivity contribution in [2.75, 3.05) is 0 Å². The highest BCUT2D eigenvalue weighted by atomic mass is 16.3. The molecule has 0 spiro atoms. The lowest BCUT2D eigenvalue weighted by Crippen LogP contribution is -2.09. The Hall–Kier alpha value is -4.70. The molecule has 0 saturated heterocycles. The molecule has 0 fully saturated rings. The number of pyridine rings is 1. The van der Waals surface area contributed by atoms with Crippen molar-refractivity contribution in [3.05, 3.63) is 114 Å². The summed E-state index contributed by atoms with van der Waals surface area (Å²) < 4.78 is 8.85. The van der Waals surface area contributed by atoms with Gasteiger partial charge in [-0.15, -0.1) is 0 Å². The normalized spacial score (nSPS) is 12.0. The van der Waals surface area contributed by atoms with Crippen LogP contribution >= 0.6 is 0 Å². The van der Waals surface area contributed by atoms with Gasteiger partial charge in [0, 0.05) is 16.5 Å². The minimum atomic E-state index is 0.289. The number of aromatic nitrogens is 3. The molecule has 4 heteroatoms. The van der Waals surface area contributed by atoms with E-state index in [2.05, 4.69) is 111 Å². The Balaban J connectivity index is 1.61. The summed E-state index contributed by atoms with van der Waals surface area (Å²) in [7, 11) is 0. The van der Waals surface area contributed by atoms with Crippen molar-refractivity contribution in [2.45, 2.75) is 46.5 Å². The van der Waals surface area contributed by atoms with Gasteiger partial charge in [0.05, 0.1) is 28.5 Å². The van der Waals surface area contributed by atoms with Crippen LogP contribution in [0.5, 0.6) is 0 Å². The number of aryl methyl sites for hydroxylation is 1. The molecule has 7 rings (SSSR count). The number of hydrogen-bond acceptors (Lipinski definition) is 3. The highest BCUT2D eigenvalue weighted by Crippen LogP contribution is 2.42. The van der Waals surface area contributed by atoms with E-state index in [0.717, 1.165) is 50.1 Å². The molecule has 41 heavy (non-hydrogen) atoms. The fourth-order valence-electron chi connectivity index (χ4n) is 6.02. The van der Waals surface area contributed by atoms with Crippen molar-refractivity contribution in [1.29, 1.82) is 0 Å². The zero-order valence-electron chi connectivity index (χ0n) is 24.1. The molecule has 7 aromatic rings. The summed E-state index contributed by atoms with van der Waals surface area (Å²) in [6.45, 7) is 11.1. The highest BCUT2D eigenvalue weighted by molar-refractivity contribution is 6.09. The Bertz CT molecular complexity index is 2030. The fraction of sp³-hybridized carbons (Fsp3) is 0.189. The van der Waals surface area contributed by atoms with Gasteiger partial charge >= 0.3 is 0 Å². The number of para-hydroxylation sites is 2. The molecule has 0 amide bonds. The molecule has 0 unspecified atom stereocenters. The van der Waals surface area contributed by atoms with Crippen LogP contribution in [0.15, 0.2) is 102 Å². The summed E-state index contributed by atoms with van der Waals surface area (Å²) in [5, 5.41) is 2.21. The molecule has 0 saturated carbocycles. The molecule has 3 heterocycles. The van der Waals surface area contributed by atoms with Gasteiger partial charge in [-0.3, -0.25) is 9.55 Å². The molecule has 4 nitrogen and oxygen atoms in total. The number of benzene rings is 4. The van der Waals surface area contributed by atoms with Crippen molar-refractivity contribution in [2.24, 2.45) is 0 Å². The summed E-state index contributed by atoms with van der Waals surface area (Å²) in [4.78, 5) is 10.0. The number of imidazole rings is 1. The van der Waals surface area contributed by atoms with Crippen molar-refractivity contribution in [3.8, 4) is 28.2 Å². The molecule has 0 aliphatic carbocycles.